The molecule has 2 N–H and O–H groups in total. The van der Waals surface area contributed by atoms with E-state index in [2.05, 4.69) is 4.98 Å². The van der Waals surface area contributed by atoms with Crippen LogP contribution in [0.2, 0.25) is 0 Å². The fourth-order valence-corrected chi connectivity index (χ4v) is 5.90. The first-order valence-electron chi connectivity index (χ1n) is 12.0. The van der Waals surface area contributed by atoms with E-state index in [9.17, 15) is 15.0 Å². The highest BCUT2D eigenvalue weighted by atomic mass is 32.1. The Bertz CT molecular complexity index is 1190. The van der Waals surface area contributed by atoms with Gasteiger partial charge in [-0.2, -0.15) is 0 Å². The summed E-state index contributed by atoms with van der Waals surface area (Å²) >= 11 is 1.41. The van der Waals surface area contributed by atoms with Gasteiger partial charge in [-0.15, -0.1) is 11.3 Å². The Hall–Kier alpha value is -2.72. The summed E-state index contributed by atoms with van der Waals surface area (Å²) in [6.07, 6.45) is 2.99. The number of aliphatic hydroxyl groups excluding tert-OH is 1. The standard InChI is InChI=1S/C27H33NO7S/c1-15-20(33-3)11-17(12-21(15)34-4)26(29)22(35-18-7-5-6-8-18)13-24-28-25-19(27(30)31)9-16(14-32-2)10-23(25)36-24/h9-12,18,22,26,29H,5-8,13-14H2,1-4H3,(H,30,31)/t22-,26+/m0/s1. The largest absolute Gasteiger partial charge is 0.496 e. The SMILES string of the molecule is COCc1cc(C(=O)O)c2nc(C[C@H](OC3CCCC3)[C@H](O)c3cc(OC)c(C)c(OC)c3)sc2c1. The number of aromatic carboxylic acids is 1. The number of aliphatic hydroxyl groups is 1. The number of methoxy groups -OCH3 is 3. The van der Waals surface area contributed by atoms with Gasteiger partial charge in [-0.3, -0.25) is 0 Å². The van der Waals surface area contributed by atoms with Crippen LogP contribution in [0.4, 0.5) is 0 Å². The first-order chi connectivity index (χ1) is 17.3. The summed E-state index contributed by atoms with van der Waals surface area (Å²) in [4.78, 5) is 16.6. The Morgan fingerprint density at radius 1 is 1.11 bits per heavy atom. The van der Waals surface area contributed by atoms with Gasteiger partial charge in [0, 0.05) is 19.1 Å². The van der Waals surface area contributed by atoms with Crippen molar-refractivity contribution in [2.45, 2.75) is 63.9 Å². The summed E-state index contributed by atoms with van der Waals surface area (Å²) < 4.78 is 23.4. The molecule has 0 unspecified atom stereocenters. The Kier molecular flexibility index (Phi) is 8.46. The number of carboxylic acid groups (broad SMARTS) is 1. The van der Waals surface area contributed by atoms with Crippen molar-refractivity contribution in [1.29, 1.82) is 0 Å². The smallest absolute Gasteiger partial charge is 0.337 e. The molecule has 194 valence electrons. The number of rotatable bonds is 11. The molecule has 0 aliphatic heterocycles. The van der Waals surface area contributed by atoms with Crippen molar-refractivity contribution in [1.82, 2.24) is 4.98 Å². The van der Waals surface area contributed by atoms with Crippen LogP contribution >= 0.6 is 11.3 Å². The van der Waals surface area contributed by atoms with Gasteiger partial charge in [0.1, 0.15) is 17.6 Å². The van der Waals surface area contributed by atoms with Crippen molar-refractivity contribution >= 4 is 27.5 Å². The lowest BCUT2D eigenvalue weighted by molar-refractivity contribution is -0.0753. The van der Waals surface area contributed by atoms with Gasteiger partial charge in [-0.1, -0.05) is 12.8 Å². The zero-order valence-electron chi connectivity index (χ0n) is 21.1. The number of hydrogen-bond acceptors (Lipinski definition) is 8. The van der Waals surface area contributed by atoms with Gasteiger partial charge in [0.05, 0.1) is 53.8 Å². The third-order valence-electron chi connectivity index (χ3n) is 6.65. The molecule has 1 saturated carbocycles. The molecule has 0 bridgehead atoms. The van der Waals surface area contributed by atoms with Gasteiger partial charge in [0.15, 0.2) is 0 Å². The summed E-state index contributed by atoms with van der Waals surface area (Å²) in [5, 5.41) is 21.9. The van der Waals surface area contributed by atoms with Crippen LogP contribution in [0.3, 0.4) is 0 Å². The number of nitrogens with zero attached hydrogens (tertiary/aromatic N) is 1. The van der Waals surface area contributed by atoms with Crippen LogP contribution in [0, 0.1) is 6.92 Å². The monoisotopic (exact) mass is 515 g/mol. The minimum Gasteiger partial charge on any atom is -0.496 e. The van der Waals surface area contributed by atoms with Gasteiger partial charge >= 0.3 is 5.97 Å². The van der Waals surface area contributed by atoms with Crippen LogP contribution in [-0.4, -0.2) is 54.7 Å². The number of aromatic nitrogens is 1. The van der Waals surface area contributed by atoms with Crippen LogP contribution in [0.5, 0.6) is 11.5 Å². The molecule has 8 nitrogen and oxygen atoms in total. The Labute approximate surface area is 214 Å². The maximum absolute atomic E-state index is 11.9. The lowest BCUT2D eigenvalue weighted by atomic mass is 9.99. The molecule has 3 aromatic rings. The van der Waals surface area contributed by atoms with E-state index in [1.807, 2.05) is 25.1 Å². The number of benzene rings is 2. The normalized spacial score (nSPS) is 15.8. The molecule has 0 saturated heterocycles. The van der Waals surface area contributed by atoms with Crippen molar-refractivity contribution < 1.29 is 34.0 Å². The van der Waals surface area contributed by atoms with E-state index in [0.29, 0.717) is 40.6 Å². The molecule has 2 atom stereocenters. The summed E-state index contributed by atoms with van der Waals surface area (Å²) in [5.41, 5.74) is 2.84. The summed E-state index contributed by atoms with van der Waals surface area (Å²) in [6, 6.07) is 7.13. The molecule has 9 heteroatoms. The molecule has 36 heavy (non-hydrogen) atoms. The number of fused-ring (bicyclic) bond motifs is 1. The van der Waals surface area contributed by atoms with Crippen molar-refractivity contribution in [3.8, 4) is 11.5 Å². The Balaban J connectivity index is 1.70. The van der Waals surface area contributed by atoms with Crippen molar-refractivity contribution in [3.05, 3.63) is 51.5 Å². The molecule has 0 amide bonds. The highest BCUT2D eigenvalue weighted by molar-refractivity contribution is 7.18. The maximum Gasteiger partial charge on any atom is 0.337 e. The fraction of sp³-hybridized carbons (Fsp3) is 0.481. The predicted molar refractivity (Wildman–Crippen MR) is 137 cm³/mol. The molecule has 1 heterocycles. The predicted octanol–water partition coefficient (Wildman–Crippen LogP) is 5.07. The van der Waals surface area contributed by atoms with E-state index < -0.39 is 18.2 Å². The summed E-state index contributed by atoms with van der Waals surface area (Å²) in [7, 11) is 4.75. The van der Waals surface area contributed by atoms with E-state index in [-0.39, 0.29) is 11.7 Å². The molecular formula is C27H33NO7S. The van der Waals surface area contributed by atoms with Crippen molar-refractivity contribution in [3.63, 3.8) is 0 Å². The van der Waals surface area contributed by atoms with E-state index in [1.165, 1.54) is 11.3 Å². The first kappa shape index (κ1) is 26.3. The highest BCUT2D eigenvalue weighted by Gasteiger charge is 2.30. The van der Waals surface area contributed by atoms with E-state index >= 15 is 0 Å². The molecule has 4 rings (SSSR count). The zero-order chi connectivity index (χ0) is 25.8. The number of carbonyl (C=O) groups is 1. The van der Waals surface area contributed by atoms with E-state index in [4.69, 9.17) is 18.9 Å². The quantitative estimate of drug-likeness (QED) is 0.364. The first-order valence-corrected chi connectivity index (χ1v) is 12.9. The van der Waals surface area contributed by atoms with Crippen LogP contribution in [0.1, 0.15) is 63.8 Å². The van der Waals surface area contributed by atoms with Crippen molar-refractivity contribution in [2.75, 3.05) is 21.3 Å². The molecule has 1 aromatic heterocycles. The minimum absolute atomic E-state index is 0.0659. The van der Waals surface area contributed by atoms with Gasteiger partial charge in [-0.05, 0) is 55.2 Å². The lowest BCUT2D eigenvalue weighted by Crippen LogP contribution is -2.29. The van der Waals surface area contributed by atoms with Gasteiger partial charge in [-0.25, -0.2) is 9.78 Å². The molecule has 1 fully saturated rings. The van der Waals surface area contributed by atoms with E-state index in [0.717, 1.165) is 41.5 Å². The maximum atomic E-state index is 11.9. The van der Waals surface area contributed by atoms with Gasteiger partial charge in [0.25, 0.3) is 0 Å². The number of ether oxygens (including phenoxy) is 4. The topological polar surface area (TPSA) is 107 Å². The lowest BCUT2D eigenvalue weighted by Gasteiger charge is -2.27. The third kappa shape index (κ3) is 5.64. The molecular weight excluding hydrogens is 482 g/mol. The zero-order valence-corrected chi connectivity index (χ0v) is 21.9. The second kappa shape index (κ2) is 11.6. The van der Waals surface area contributed by atoms with Crippen LogP contribution in [-0.2, 0) is 22.5 Å². The second-order valence-corrected chi connectivity index (χ2v) is 10.2. The summed E-state index contributed by atoms with van der Waals surface area (Å²) in [5.74, 6) is 0.215. The molecule has 1 aliphatic carbocycles. The highest BCUT2D eigenvalue weighted by Crippen LogP contribution is 2.36. The van der Waals surface area contributed by atoms with Crippen LogP contribution in [0.25, 0.3) is 10.2 Å². The third-order valence-corrected chi connectivity index (χ3v) is 7.68. The molecule has 1 aliphatic rings. The Morgan fingerprint density at radius 3 is 2.36 bits per heavy atom. The van der Waals surface area contributed by atoms with Gasteiger partial charge in [0.2, 0.25) is 0 Å². The average Bonchev–Trinajstić information content (AvgIpc) is 3.52. The Morgan fingerprint density at radius 2 is 1.78 bits per heavy atom. The average molecular weight is 516 g/mol. The second-order valence-electron chi connectivity index (χ2n) is 9.12. The van der Waals surface area contributed by atoms with Crippen LogP contribution < -0.4 is 9.47 Å². The fourth-order valence-electron chi connectivity index (χ4n) is 4.80. The molecule has 0 spiro atoms. The number of thiazole rings is 1. The number of hydrogen-bond donors (Lipinski definition) is 2. The number of carboxylic acids is 1. The van der Waals surface area contributed by atoms with Crippen molar-refractivity contribution in [2.24, 2.45) is 0 Å². The van der Waals surface area contributed by atoms with E-state index in [1.54, 1.807) is 27.4 Å². The summed E-state index contributed by atoms with van der Waals surface area (Å²) in [6.45, 7) is 2.21. The van der Waals surface area contributed by atoms with Gasteiger partial charge < -0.3 is 29.2 Å². The molecule has 2 aromatic carbocycles. The minimum atomic E-state index is -1.03. The molecule has 0 radical (unpaired) electrons. The van der Waals surface area contributed by atoms with Crippen LogP contribution in [0.15, 0.2) is 24.3 Å².